The molecule has 0 saturated carbocycles. The Morgan fingerprint density at radius 3 is 2.58 bits per heavy atom. The maximum atomic E-state index is 12.8. The first-order valence-corrected chi connectivity index (χ1v) is 12.8. The summed E-state index contributed by atoms with van der Waals surface area (Å²) in [5.74, 6) is -1.19. The van der Waals surface area contributed by atoms with Crippen LogP contribution < -0.4 is 14.9 Å². The Labute approximate surface area is 197 Å². The van der Waals surface area contributed by atoms with Crippen LogP contribution >= 0.6 is 11.3 Å². The van der Waals surface area contributed by atoms with Gasteiger partial charge < -0.3 is 20.1 Å². The predicted octanol–water partition coefficient (Wildman–Crippen LogP) is 1.52. The van der Waals surface area contributed by atoms with Crippen molar-refractivity contribution in [2.24, 2.45) is 0 Å². The Kier molecular flexibility index (Phi) is 8.67. The van der Waals surface area contributed by atoms with Gasteiger partial charge in [-0.15, -0.1) is 11.3 Å². The van der Waals surface area contributed by atoms with Gasteiger partial charge in [0.05, 0.1) is 23.5 Å². The Morgan fingerprint density at radius 2 is 1.94 bits per heavy atom. The molecular weight excluding hydrogens is 468 g/mol. The van der Waals surface area contributed by atoms with Crippen molar-refractivity contribution >= 4 is 44.6 Å². The summed E-state index contributed by atoms with van der Waals surface area (Å²) in [6.07, 6.45) is 0.756. The van der Waals surface area contributed by atoms with Crippen LogP contribution in [0.1, 0.15) is 16.8 Å². The van der Waals surface area contributed by atoms with E-state index in [1.165, 1.54) is 18.2 Å². The number of methoxy groups -OCH3 is 1. The number of piperazine rings is 1. The minimum atomic E-state index is -3.84. The summed E-state index contributed by atoms with van der Waals surface area (Å²) in [4.78, 5) is 27.6. The number of carboxylic acids is 1. The van der Waals surface area contributed by atoms with Crippen molar-refractivity contribution in [3.63, 3.8) is 0 Å². The fraction of sp³-hybridized carbons (Fsp3) is 0.429. The zero-order valence-corrected chi connectivity index (χ0v) is 20.0. The minimum Gasteiger partial charge on any atom is -0.478 e. The van der Waals surface area contributed by atoms with Crippen molar-refractivity contribution < 1.29 is 27.9 Å². The quantitative estimate of drug-likeness (QED) is 0.400. The molecule has 3 rings (SSSR count). The lowest BCUT2D eigenvalue weighted by Gasteiger charge is -2.36. The third-order valence-electron chi connectivity index (χ3n) is 5.18. The number of hydrogen-bond acceptors (Lipinski definition) is 8. The SMILES string of the molecule is COCCCNC(=O)CN1CCN(c2ccc(C(=O)O)cc2NS(=O)(=O)c2cccs2)CC1. The van der Waals surface area contributed by atoms with Crippen molar-refractivity contribution in [3.05, 3.63) is 41.3 Å². The number of amides is 1. The highest BCUT2D eigenvalue weighted by Gasteiger charge is 2.24. The molecule has 10 nitrogen and oxygen atoms in total. The van der Waals surface area contributed by atoms with E-state index in [1.807, 2.05) is 9.80 Å². The van der Waals surface area contributed by atoms with E-state index in [0.29, 0.717) is 45.0 Å². The summed E-state index contributed by atoms with van der Waals surface area (Å²) < 4.78 is 33.2. The zero-order chi connectivity index (χ0) is 23.8. The van der Waals surface area contributed by atoms with Gasteiger partial charge in [0.1, 0.15) is 4.21 Å². The molecule has 1 aromatic heterocycles. The van der Waals surface area contributed by atoms with Gasteiger partial charge in [0.2, 0.25) is 5.91 Å². The third kappa shape index (κ3) is 6.90. The molecule has 2 heterocycles. The minimum absolute atomic E-state index is 0.00795. The molecule has 0 atom stereocenters. The van der Waals surface area contributed by atoms with Crippen LogP contribution in [-0.4, -0.2) is 83.3 Å². The summed E-state index contributed by atoms with van der Waals surface area (Å²) in [6.45, 7) is 3.81. The number of hydrogen-bond donors (Lipinski definition) is 3. The van der Waals surface area contributed by atoms with Gasteiger partial charge in [0, 0.05) is 46.4 Å². The van der Waals surface area contributed by atoms with E-state index in [4.69, 9.17) is 4.74 Å². The molecule has 1 amide bonds. The first kappa shape index (κ1) is 25.0. The number of carboxylic acid groups (broad SMARTS) is 1. The van der Waals surface area contributed by atoms with Gasteiger partial charge in [-0.25, -0.2) is 13.2 Å². The van der Waals surface area contributed by atoms with E-state index in [-0.39, 0.29) is 27.9 Å². The summed E-state index contributed by atoms with van der Waals surface area (Å²) in [6, 6.07) is 7.55. The van der Waals surface area contributed by atoms with E-state index in [1.54, 1.807) is 24.6 Å². The van der Waals surface area contributed by atoms with Crippen molar-refractivity contribution in [2.45, 2.75) is 10.6 Å². The normalized spacial score (nSPS) is 14.8. The van der Waals surface area contributed by atoms with Crippen LogP contribution in [-0.2, 0) is 19.6 Å². The molecule has 1 fully saturated rings. The van der Waals surface area contributed by atoms with Gasteiger partial charge >= 0.3 is 5.97 Å². The lowest BCUT2D eigenvalue weighted by atomic mass is 10.1. The molecule has 2 aromatic rings. The van der Waals surface area contributed by atoms with E-state index in [2.05, 4.69) is 10.0 Å². The molecule has 1 aliphatic rings. The summed E-state index contributed by atoms with van der Waals surface area (Å²) in [5.41, 5.74) is 0.808. The summed E-state index contributed by atoms with van der Waals surface area (Å²) >= 11 is 1.08. The molecule has 0 radical (unpaired) electrons. The number of carbonyl (C=O) groups is 2. The number of carbonyl (C=O) groups excluding carboxylic acids is 1. The van der Waals surface area contributed by atoms with Crippen molar-refractivity contribution in [1.29, 1.82) is 0 Å². The fourth-order valence-electron chi connectivity index (χ4n) is 3.49. The molecule has 0 unspecified atom stereocenters. The number of anilines is 2. The van der Waals surface area contributed by atoms with Crippen molar-refractivity contribution in [1.82, 2.24) is 10.2 Å². The van der Waals surface area contributed by atoms with Gasteiger partial charge in [-0.05, 0) is 36.1 Å². The van der Waals surface area contributed by atoms with Crippen molar-refractivity contribution in [2.75, 3.05) is 62.6 Å². The molecule has 33 heavy (non-hydrogen) atoms. The molecule has 180 valence electrons. The Bertz CT molecular complexity index is 1050. The lowest BCUT2D eigenvalue weighted by Crippen LogP contribution is -2.49. The van der Waals surface area contributed by atoms with E-state index in [0.717, 1.165) is 17.8 Å². The lowest BCUT2D eigenvalue weighted by molar-refractivity contribution is -0.122. The van der Waals surface area contributed by atoms with E-state index < -0.39 is 16.0 Å². The second-order valence-electron chi connectivity index (χ2n) is 7.53. The summed E-state index contributed by atoms with van der Waals surface area (Å²) in [7, 11) is -2.22. The number of nitrogens with one attached hydrogen (secondary N) is 2. The fourth-order valence-corrected chi connectivity index (χ4v) is 5.55. The second-order valence-corrected chi connectivity index (χ2v) is 10.4. The van der Waals surface area contributed by atoms with Gasteiger partial charge in [-0.2, -0.15) is 0 Å². The van der Waals surface area contributed by atoms with E-state index in [9.17, 15) is 23.1 Å². The number of benzene rings is 1. The van der Waals surface area contributed by atoms with Crippen LogP contribution in [0.5, 0.6) is 0 Å². The molecule has 0 spiro atoms. The van der Waals surface area contributed by atoms with Crippen LogP contribution in [0, 0.1) is 0 Å². The molecule has 12 heteroatoms. The maximum Gasteiger partial charge on any atom is 0.335 e. The standard InChI is InChI=1S/C21H28N4O6S2/c1-31-12-3-7-22-19(26)15-24-8-10-25(11-9-24)18-6-5-16(21(27)28)14-17(18)23-33(29,30)20-4-2-13-32-20/h2,4-6,13-14,23H,3,7-12,15H2,1H3,(H,22,26)(H,27,28). The van der Waals surface area contributed by atoms with Crippen LogP contribution in [0.15, 0.2) is 39.9 Å². The third-order valence-corrected chi connectivity index (χ3v) is 7.94. The zero-order valence-electron chi connectivity index (χ0n) is 18.3. The predicted molar refractivity (Wildman–Crippen MR) is 127 cm³/mol. The largest absolute Gasteiger partial charge is 0.478 e. The van der Waals surface area contributed by atoms with Crippen LogP contribution in [0.25, 0.3) is 0 Å². The number of nitrogens with zero attached hydrogens (tertiary/aromatic N) is 2. The van der Waals surface area contributed by atoms with Crippen LogP contribution in [0.2, 0.25) is 0 Å². The smallest absolute Gasteiger partial charge is 0.335 e. The molecule has 1 aromatic carbocycles. The molecular formula is C21H28N4O6S2. The Morgan fingerprint density at radius 1 is 1.18 bits per heavy atom. The Balaban J connectivity index is 1.67. The number of ether oxygens (including phenoxy) is 1. The van der Waals surface area contributed by atoms with Gasteiger partial charge in [-0.3, -0.25) is 14.4 Å². The van der Waals surface area contributed by atoms with Gasteiger partial charge in [0.25, 0.3) is 10.0 Å². The van der Waals surface area contributed by atoms with Crippen LogP contribution in [0.3, 0.4) is 0 Å². The van der Waals surface area contributed by atoms with E-state index >= 15 is 0 Å². The number of aromatic carboxylic acids is 1. The van der Waals surface area contributed by atoms with Gasteiger partial charge in [0.15, 0.2) is 0 Å². The number of rotatable bonds is 11. The molecule has 3 N–H and O–H groups in total. The maximum absolute atomic E-state index is 12.8. The highest BCUT2D eigenvalue weighted by atomic mass is 32.2. The monoisotopic (exact) mass is 496 g/mol. The van der Waals surface area contributed by atoms with Crippen LogP contribution in [0.4, 0.5) is 11.4 Å². The first-order valence-electron chi connectivity index (χ1n) is 10.5. The number of sulfonamides is 1. The highest BCUT2D eigenvalue weighted by Crippen LogP contribution is 2.31. The molecule has 0 bridgehead atoms. The highest BCUT2D eigenvalue weighted by molar-refractivity contribution is 7.94. The second kappa shape index (κ2) is 11.5. The Hall–Kier alpha value is -2.67. The number of thiophene rings is 1. The summed E-state index contributed by atoms with van der Waals surface area (Å²) in [5, 5.41) is 13.9. The molecule has 1 aliphatic heterocycles. The topological polar surface area (TPSA) is 128 Å². The molecule has 0 aliphatic carbocycles. The average Bonchev–Trinajstić information content (AvgIpc) is 3.33. The molecule has 1 saturated heterocycles. The average molecular weight is 497 g/mol. The first-order chi connectivity index (χ1) is 15.8. The van der Waals surface area contributed by atoms with Gasteiger partial charge in [-0.1, -0.05) is 6.07 Å². The van der Waals surface area contributed by atoms with Crippen molar-refractivity contribution in [3.8, 4) is 0 Å².